The van der Waals surface area contributed by atoms with Crippen LogP contribution in [-0.4, -0.2) is 24.8 Å². The van der Waals surface area contributed by atoms with Crippen LogP contribution in [0.1, 0.15) is 22.8 Å². The van der Waals surface area contributed by atoms with E-state index in [1.165, 1.54) is 0 Å². The molecule has 0 spiro atoms. The van der Waals surface area contributed by atoms with Gasteiger partial charge in [0.05, 0.1) is 12.2 Å². The molecule has 0 saturated carbocycles. The number of methoxy groups -OCH3 is 1. The summed E-state index contributed by atoms with van der Waals surface area (Å²) in [5.41, 5.74) is 2.29. The molecular weight excluding hydrogens is 367 g/mol. The third-order valence-electron chi connectivity index (χ3n) is 3.73. The molecule has 8 heteroatoms. The first-order valence-corrected chi connectivity index (χ1v) is 8.32. The van der Waals surface area contributed by atoms with Gasteiger partial charge in [-0.05, 0) is 35.4 Å². The van der Waals surface area contributed by atoms with Gasteiger partial charge in [0.15, 0.2) is 6.10 Å². The molecule has 25 heavy (non-hydrogen) atoms. The lowest BCUT2D eigenvalue weighted by Crippen LogP contribution is -2.26. The number of aromatic nitrogens is 1. The third kappa shape index (κ3) is 4.15. The number of alkyl carbamates (subject to hydrolysis) is 1. The van der Waals surface area contributed by atoms with Crippen molar-refractivity contribution >= 4 is 29.3 Å². The van der Waals surface area contributed by atoms with E-state index in [9.17, 15) is 4.79 Å². The minimum Gasteiger partial charge on any atom is -0.473 e. The van der Waals surface area contributed by atoms with Crippen molar-refractivity contribution in [3.63, 3.8) is 0 Å². The van der Waals surface area contributed by atoms with Crippen LogP contribution in [-0.2, 0) is 22.6 Å². The summed E-state index contributed by atoms with van der Waals surface area (Å²) >= 11 is 12.2. The van der Waals surface area contributed by atoms with Gasteiger partial charge in [0, 0.05) is 29.9 Å². The molecule has 0 saturated heterocycles. The number of nitrogens with one attached hydrogen (secondary N) is 1. The van der Waals surface area contributed by atoms with Crippen molar-refractivity contribution in [2.75, 3.05) is 13.7 Å². The van der Waals surface area contributed by atoms with Crippen LogP contribution in [0.4, 0.5) is 4.79 Å². The summed E-state index contributed by atoms with van der Waals surface area (Å²) in [6.07, 6.45) is 0.573. The topological polar surface area (TPSA) is 69.7 Å². The molecule has 1 aromatic carbocycles. The highest BCUT2D eigenvalue weighted by atomic mass is 35.5. The number of carbonyl (C=O) groups is 1. The van der Waals surface area contributed by atoms with Gasteiger partial charge in [-0.25, -0.2) is 9.78 Å². The molecule has 1 aromatic heterocycles. The summed E-state index contributed by atoms with van der Waals surface area (Å²) in [6, 6.07) is 6.97. The first-order valence-electron chi connectivity index (χ1n) is 7.56. The molecule has 1 unspecified atom stereocenters. The van der Waals surface area contributed by atoms with Crippen LogP contribution in [0.25, 0.3) is 0 Å². The van der Waals surface area contributed by atoms with Gasteiger partial charge in [0.2, 0.25) is 5.88 Å². The van der Waals surface area contributed by atoms with Crippen LogP contribution >= 0.6 is 23.2 Å². The van der Waals surface area contributed by atoms with Gasteiger partial charge in [-0.3, -0.25) is 0 Å². The molecule has 1 aliphatic heterocycles. The number of nitrogens with zero attached hydrogens (tertiary/aromatic N) is 1. The molecule has 3 rings (SSSR count). The number of hydrogen-bond donors (Lipinski definition) is 1. The largest absolute Gasteiger partial charge is 0.473 e. The number of amides is 1. The Balaban J connectivity index is 1.64. The molecule has 2 aromatic rings. The standard InChI is InChI=1S/C17H16Cl2N2O4/c1-23-8-10-5-11(18)6-14(19)13(10)7-21-17(22)25-15-9-24-16-12(15)3-2-4-20-16/h2-6,15H,7-9H2,1H3,(H,21,22). The maximum absolute atomic E-state index is 12.1. The zero-order valence-electron chi connectivity index (χ0n) is 13.4. The molecule has 132 valence electrons. The van der Waals surface area contributed by atoms with E-state index in [1.807, 2.05) is 6.07 Å². The minimum atomic E-state index is -0.570. The number of fused-ring (bicyclic) bond motifs is 1. The lowest BCUT2D eigenvalue weighted by Gasteiger charge is -2.15. The average molecular weight is 383 g/mol. The molecule has 2 heterocycles. The summed E-state index contributed by atoms with van der Waals surface area (Å²) < 4.78 is 15.9. The Morgan fingerprint density at radius 1 is 1.44 bits per heavy atom. The van der Waals surface area contributed by atoms with Crippen molar-refractivity contribution in [1.29, 1.82) is 0 Å². The second-order valence-electron chi connectivity index (χ2n) is 5.41. The molecule has 1 N–H and O–H groups in total. The number of benzene rings is 1. The van der Waals surface area contributed by atoms with Gasteiger partial charge in [0.1, 0.15) is 6.61 Å². The molecule has 0 aliphatic carbocycles. The minimum absolute atomic E-state index is 0.195. The second kappa shape index (κ2) is 7.91. The van der Waals surface area contributed by atoms with Crippen LogP contribution in [0.5, 0.6) is 5.88 Å². The van der Waals surface area contributed by atoms with Gasteiger partial charge in [0.25, 0.3) is 0 Å². The van der Waals surface area contributed by atoms with Crippen LogP contribution in [0, 0.1) is 0 Å². The van der Waals surface area contributed by atoms with Crippen molar-refractivity contribution in [3.8, 4) is 5.88 Å². The van der Waals surface area contributed by atoms with Gasteiger partial charge in [-0.1, -0.05) is 23.2 Å². The van der Waals surface area contributed by atoms with Crippen molar-refractivity contribution in [2.45, 2.75) is 19.3 Å². The molecule has 0 radical (unpaired) electrons. The lowest BCUT2D eigenvalue weighted by molar-refractivity contribution is 0.0821. The summed E-state index contributed by atoms with van der Waals surface area (Å²) in [6.45, 7) is 0.777. The molecule has 1 amide bonds. The van der Waals surface area contributed by atoms with Crippen LogP contribution in [0.15, 0.2) is 30.5 Å². The number of pyridine rings is 1. The Labute approximate surface area is 155 Å². The Morgan fingerprint density at radius 2 is 2.28 bits per heavy atom. The second-order valence-corrected chi connectivity index (χ2v) is 6.26. The van der Waals surface area contributed by atoms with Crippen molar-refractivity contribution < 1.29 is 19.0 Å². The van der Waals surface area contributed by atoms with E-state index in [0.29, 0.717) is 22.5 Å². The number of hydrogen-bond acceptors (Lipinski definition) is 5. The maximum Gasteiger partial charge on any atom is 0.408 e. The molecule has 1 aliphatic rings. The quantitative estimate of drug-likeness (QED) is 0.848. The van der Waals surface area contributed by atoms with Gasteiger partial charge in [-0.15, -0.1) is 0 Å². The SMILES string of the molecule is COCc1cc(Cl)cc(Cl)c1CNC(=O)OC1COc2ncccc21. The van der Waals surface area contributed by atoms with E-state index in [1.54, 1.807) is 31.5 Å². The highest BCUT2D eigenvalue weighted by Gasteiger charge is 2.28. The van der Waals surface area contributed by atoms with Crippen molar-refractivity contribution in [1.82, 2.24) is 10.3 Å². The van der Waals surface area contributed by atoms with E-state index in [0.717, 1.165) is 16.7 Å². The highest BCUT2D eigenvalue weighted by Crippen LogP contribution is 2.32. The van der Waals surface area contributed by atoms with Gasteiger partial charge in [-0.2, -0.15) is 0 Å². The fourth-order valence-corrected chi connectivity index (χ4v) is 3.18. The summed E-state index contributed by atoms with van der Waals surface area (Å²) in [5.74, 6) is 0.489. The first kappa shape index (κ1) is 17.8. The zero-order valence-corrected chi connectivity index (χ0v) is 14.9. The first-order chi connectivity index (χ1) is 12.1. The summed E-state index contributed by atoms with van der Waals surface area (Å²) in [7, 11) is 1.58. The van der Waals surface area contributed by atoms with Crippen molar-refractivity contribution in [3.05, 3.63) is 57.2 Å². The van der Waals surface area contributed by atoms with Gasteiger partial charge >= 0.3 is 6.09 Å². The predicted molar refractivity (Wildman–Crippen MR) is 93.0 cm³/mol. The average Bonchev–Trinajstić information content (AvgIpc) is 2.97. The number of rotatable bonds is 5. The predicted octanol–water partition coefficient (Wildman–Crippen LogP) is 3.89. The molecule has 0 fully saturated rings. The number of ether oxygens (including phenoxy) is 3. The van der Waals surface area contributed by atoms with E-state index in [4.69, 9.17) is 37.4 Å². The zero-order chi connectivity index (χ0) is 17.8. The Hall–Kier alpha value is -2.02. The number of halogens is 2. The smallest absolute Gasteiger partial charge is 0.408 e. The molecular formula is C17H16Cl2N2O4. The normalized spacial score (nSPS) is 15.4. The lowest BCUT2D eigenvalue weighted by atomic mass is 10.1. The summed E-state index contributed by atoms with van der Waals surface area (Å²) in [5, 5.41) is 3.66. The van der Waals surface area contributed by atoms with E-state index in [-0.39, 0.29) is 13.2 Å². The van der Waals surface area contributed by atoms with E-state index in [2.05, 4.69) is 10.3 Å². The fourth-order valence-electron chi connectivity index (χ4n) is 2.58. The Morgan fingerprint density at radius 3 is 3.08 bits per heavy atom. The number of carbonyl (C=O) groups excluding carboxylic acids is 1. The highest BCUT2D eigenvalue weighted by molar-refractivity contribution is 6.35. The van der Waals surface area contributed by atoms with Crippen molar-refractivity contribution in [2.24, 2.45) is 0 Å². The monoisotopic (exact) mass is 382 g/mol. The third-order valence-corrected chi connectivity index (χ3v) is 4.29. The molecule has 0 bridgehead atoms. The fraction of sp³-hybridized carbons (Fsp3) is 0.294. The Bertz CT molecular complexity index is 785. The Kier molecular flexibility index (Phi) is 5.63. The van der Waals surface area contributed by atoms with E-state index < -0.39 is 12.2 Å². The van der Waals surface area contributed by atoms with Gasteiger partial charge < -0.3 is 19.5 Å². The van der Waals surface area contributed by atoms with E-state index >= 15 is 0 Å². The van der Waals surface area contributed by atoms with Crippen LogP contribution < -0.4 is 10.1 Å². The maximum atomic E-state index is 12.1. The van der Waals surface area contributed by atoms with Crippen LogP contribution in [0.2, 0.25) is 10.0 Å². The summed E-state index contributed by atoms with van der Waals surface area (Å²) in [4.78, 5) is 16.2. The molecule has 1 atom stereocenters. The molecule has 6 nitrogen and oxygen atoms in total. The van der Waals surface area contributed by atoms with Crippen LogP contribution in [0.3, 0.4) is 0 Å².